The van der Waals surface area contributed by atoms with Gasteiger partial charge in [-0.05, 0) is 29.6 Å². The lowest BCUT2D eigenvalue weighted by molar-refractivity contribution is 0.311. The van der Waals surface area contributed by atoms with E-state index in [1.165, 1.54) is 29.3 Å². The molecule has 28 heavy (non-hydrogen) atoms. The van der Waals surface area contributed by atoms with Crippen molar-refractivity contribution in [2.24, 2.45) is 0 Å². The molecule has 0 atom stereocenters. The molecule has 0 saturated heterocycles. The van der Waals surface area contributed by atoms with Crippen molar-refractivity contribution in [3.8, 4) is 5.75 Å². The van der Waals surface area contributed by atoms with Gasteiger partial charge in [0.05, 0.1) is 16.5 Å². The van der Waals surface area contributed by atoms with Gasteiger partial charge in [-0.2, -0.15) is 0 Å². The van der Waals surface area contributed by atoms with Crippen molar-refractivity contribution in [1.82, 2.24) is 9.97 Å². The molecule has 146 valence electrons. The van der Waals surface area contributed by atoms with Gasteiger partial charge in [0.2, 0.25) is 0 Å². The maximum atomic E-state index is 10.0. The minimum atomic E-state index is 0.00436. The van der Waals surface area contributed by atoms with Gasteiger partial charge in [0.1, 0.15) is 17.4 Å². The number of thioether (sulfide) groups is 1. The first-order valence-corrected chi connectivity index (χ1v) is 10.6. The number of para-hydroxylation sites is 1. The van der Waals surface area contributed by atoms with Crippen molar-refractivity contribution in [1.29, 1.82) is 0 Å². The lowest BCUT2D eigenvalue weighted by Crippen LogP contribution is -2.08. The van der Waals surface area contributed by atoms with Gasteiger partial charge < -0.3 is 20.3 Å². The van der Waals surface area contributed by atoms with E-state index in [1.807, 2.05) is 18.2 Å². The van der Waals surface area contributed by atoms with Gasteiger partial charge >= 0.3 is 0 Å². The molecule has 0 aliphatic rings. The first kappa shape index (κ1) is 20.6. The smallest absolute Gasteiger partial charge is 0.191 e. The minimum absolute atomic E-state index is 0.00436. The van der Waals surface area contributed by atoms with E-state index in [-0.39, 0.29) is 12.4 Å². The van der Waals surface area contributed by atoms with E-state index < -0.39 is 0 Å². The van der Waals surface area contributed by atoms with Crippen molar-refractivity contribution in [2.45, 2.75) is 15.8 Å². The average molecular weight is 435 g/mol. The maximum absolute atomic E-state index is 10.0. The molecule has 0 radical (unpaired) electrons. The Morgan fingerprint density at radius 1 is 1.00 bits per heavy atom. The highest BCUT2D eigenvalue weighted by atomic mass is 35.5. The Balaban J connectivity index is 1.74. The highest BCUT2D eigenvalue weighted by Crippen LogP contribution is 2.35. The number of aliphatic hydroxyl groups excluding tert-OH is 1. The van der Waals surface area contributed by atoms with Crippen LogP contribution in [0, 0.1) is 0 Å². The second kappa shape index (κ2) is 10.4. The lowest BCUT2D eigenvalue weighted by atomic mass is 10.2. The summed E-state index contributed by atoms with van der Waals surface area (Å²) in [6.45, 7) is 0.395. The van der Waals surface area contributed by atoms with Crippen LogP contribution >= 0.6 is 35.3 Å². The van der Waals surface area contributed by atoms with Gasteiger partial charge in [-0.25, -0.2) is 9.97 Å². The number of anilines is 2. The number of aliphatic hydroxyl groups is 1. The average Bonchev–Trinajstić information content (AvgIpc) is 2.72. The van der Waals surface area contributed by atoms with Crippen LogP contribution < -0.4 is 10.0 Å². The molecule has 2 aromatic carbocycles. The van der Waals surface area contributed by atoms with E-state index >= 15 is 0 Å². The molecule has 1 aromatic heterocycles. The molecule has 0 aliphatic heterocycles. The fourth-order valence-electron chi connectivity index (χ4n) is 2.22. The maximum Gasteiger partial charge on any atom is 0.191 e. The van der Waals surface area contributed by atoms with E-state index in [4.69, 9.17) is 16.7 Å². The van der Waals surface area contributed by atoms with Crippen LogP contribution in [-0.4, -0.2) is 33.3 Å². The second-order valence-corrected chi connectivity index (χ2v) is 7.83. The lowest BCUT2D eigenvalue weighted by Gasteiger charge is -2.11. The molecule has 0 amide bonds. The topological polar surface area (TPSA) is 90.3 Å². The number of phenols is 1. The predicted molar refractivity (Wildman–Crippen MR) is 116 cm³/mol. The van der Waals surface area contributed by atoms with E-state index in [2.05, 4.69) is 32.1 Å². The van der Waals surface area contributed by atoms with Crippen LogP contribution in [0.25, 0.3) is 0 Å². The first-order chi connectivity index (χ1) is 13.7. The summed E-state index contributed by atoms with van der Waals surface area (Å²) in [4.78, 5) is 9.60. The van der Waals surface area contributed by atoms with Crippen LogP contribution in [0.15, 0.2) is 64.6 Å². The Morgan fingerprint density at radius 3 is 2.57 bits per heavy atom. The third-order valence-electron chi connectivity index (χ3n) is 3.55. The fourth-order valence-corrected chi connectivity index (χ4v) is 3.94. The Hall–Kier alpha value is -2.13. The molecule has 1 heterocycles. The quantitative estimate of drug-likeness (QED) is 0.220. The minimum Gasteiger partial charge on any atom is -0.505 e. The molecule has 3 rings (SSSR count). The highest BCUT2D eigenvalue weighted by molar-refractivity contribution is 8.00. The van der Waals surface area contributed by atoms with Crippen molar-refractivity contribution in [3.63, 3.8) is 0 Å². The first-order valence-electron chi connectivity index (χ1n) is 8.46. The normalized spacial score (nSPS) is 10.6. The summed E-state index contributed by atoms with van der Waals surface area (Å²) in [6, 6.07) is 17.0. The number of phenolic OH excluding ortho intramolecular Hbond substituents is 1. The Labute approximate surface area is 176 Å². The molecule has 6 nitrogen and oxygen atoms in total. The number of nitrogens with one attached hydrogen (secondary N) is 2. The summed E-state index contributed by atoms with van der Waals surface area (Å²) < 4.78 is 3.12. The highest BCUT2D eigenvalue weighted by Gasteiger charge is 2.09. The van der Waals surface area contributed by atoms with Crippen LogP contribution in [0.2, 0.25) is 5.02 Å². The zero-order valence-electron chi connectivity index (χ0n) is 14.8. The van der Waals surface area contributed by atoms with Gasteiger partial charge in [-0.3, -0.25) is 0 Å². The molecule has 0 unspecified atom stereocenters. The van der Waals surface area contributed by atoms with Crippen LogP contribution in [0.5, 0.6) is 5.75 Å². The predicted octanol–water partition coefficient (Wildman–Crippen LogP) is 4.65. The Bertz CT molecular complexity index is 916. The van der Waals surface area contributed by atoms with Crippen LogP contribution in [0.4, 0.5) is 11.6 Å². The fraction of sp³-hybridized carbons (Fsp3) is 0.158. The summed E-state index contributed by atoms with van der Waals surface area (Å²) in [6.07, 6.45) is 0. The summed E-state index contributed by atoms with van der Waals surface area (Å²) in [7, 11) is 0. The molecule has 3 aromatic rings. The zero-order valence-corrected chi connectivity index (χ0v) is 17.2. The number of benzene rings is 2. The zero-order chi connectivity index (χ0) is 19.8. The third-order valence-corrected chi connectivity index (χ3v) is 5.63. The summed E-state index contributed by atoms with van der Waals surface area (Å²) >= 11 is 8.68. The van der Waals surface area contributed by atoms with Gasteiger partial charge in [0, 0.05) is 18.4 Å². The standard InChI is InChI=1S/C19H19ClN4O2S2/c20-14-7-4-8-15(18(14)26)28-24-17-11-16(21-9-10-25)22-19(23-17)27-12-13-5-2-1-3-6-13/h1-8,11,25-26H,9-10,12H2,(H2,21,22,23,24). The van der Waals surface area contributed by atoms with Crippen LogP contribution in [0.3, 0.4) is 0 Å². The summed E-state index contributed by atoms with van der Waals surface area (Å²) in [5.74, 6) is 1.95. The molecule has 0 saturated carbocycles. The van der Waals surface area contributed by atoms with Crippen LogP contribution in [-0.2, 0) is 5.75 Å². The number of aromatic hydroxyl groups is 1. The number of halogens is 1. The Morgan fingerprint density at radius 2 is 1.79 bits per heavy atom. The van der Waals surface area contributed by atoms with Gasteiger partial charge in [0.25, 0.3) is 0 Å². The number of hydrogen-bond donors (Lipinski definition) is 4. The van der Waals surface area contributed by atoms with Gasteiger partial charge in [0.15, 0.2) is 5.16 Å². The van der Waals surface area contributed by atoms with Crippen molar-refractivity contribution < 1.29 is 10.2 Å². The molecular formula is C19H19ClN4O2S2. The van der Waals surface area contributed by atoms with E-state index in [0.29, 0.717) is 33.3 Å². The monoisotopic (exact) mass is 434 g/mol. The van der Waals surface area contributed by atoms with Crippen molar-refractivity contribution in [3.05, 3.63) is 65.2 Å². The third kappa shape index (κ3) is 5.93. The molecule has 0 bridgehead atoms. The molecule has 4 N–H and O–H groups in total. The molecule has 9 heteroatoms. The molecule has 0 aliphatic carbocycles. The summed E-state index contributed by atoms with van der Waals surface area (Å²) in [5, 5.41) is 23.0. The van der Waals surface area contributed by atoms with E-state index in [9.17, 15) is 5.11 Å². The molecule has 0 spiro atoms. The molecular weight excluding hydrogens is 416 g/mol. The number of hydrogen-bond acceptors (Lipinski definition) is 8. The SMILES string of the molecule is OCCNc1cc(NSc2cccc(Cl)c2O)nc(SCc2ccccc2)n1. The number of aromatic nitrogens is 2. The molecule has 0 fully saturated rings. The van der Waals surface area contributed by atoms with Crippen molar-refractivity contribution in [2.75, 3.05) is 23.2 Å². The van der Waals surface area contributed by atoms with E-state index in [0.717, 1.165) is 5.75 Å². The van der Waals surface area contributed by atoms with Crippen LogP contribution in [0.1, 0.15) is 5.56 Å². The number of rotatable bonds is 9. The number of nitrogens with zero attached hydrogens (tertiary/aromatic N) is 2. The largest absolute Gasteiger partial charge is 0.505 e. The Kier molecular flexibility index (Phi) is 7.67. The summed E-state index contributed by atoms with van der Waals surface area (Å²) in [5.41, 5.74) is 1.18. The van der Waals surface area contributed by atoms with Crippen molar-refractivity contribution >= 4 is 46.9 Å². The van der Waals surface area contributed by atoms with Gasteiger partial charge in [-0.1, -0.05) is 59.8 Å². The van der Waals surface area contributed by atoms with E-state index in [1.54, 1.807) is 24.3 Å². The second-order valence-electron chi connectivity index (χ2n) is 5.64. The van der Waals surface area contributed by atoms with Gasteiger partial charge in [-0.15, -0.1) is 0 Å².